The van der Waals surface area contributed by atoms with E-state index in [1.165, 1.54) is 16.6 Å². The molecule has 1 aliphatic heterocycles. The summed E-state index contributed by atoms with van der Waals surface area (Å²) in [6, 6.07) is 0. The van der Waals surface area contributed by atoms with Crippen LogP contribution in [0.15, 0.2) is 0 Å². The maximum absolute atomic E-state index is 11.9. The molecule has 5 rings (SSSR count). The molecular formula is C23H40K2NiO8S4. The van der Waals surface area contributed by atoms with Gasteiger partial charge in [-0.3, -0.25) is 18.7 Å². The topological polar surface area (TPSA) is 143 Å². The van der Waals surface area contributed by atoms with E-state index in [0.717, 1.165) is 12.8 Å². The Bertz CT molecular complexity index is 1000. The van der Waals surface area contributed by atoms with E-state index in [1.807, 2.05) is 51.2 Å². The van der Waals surface area contributed by atoms with Crippen molar-refractivity contribution in [3.05, 3.63) is 0 Å². The van der Waals surface area contributed by atoms with Crippen molar-refractivity contribution >= 4 is 55.3 Å². The molecule has 2 N–H and O–H groups in total. The van der Waals surface area contributed by atoms with Gasteiger partial charge in [0.2, 0.25) is 0 Å². The molecule has 5 aliphatic rings. The Labute approximate surface area is 334 Å². The average Bonchev–Trinajstić information content (AvgIpc) is 3.45. The second-order valence-corrected chi connectivity index (χ2v) is 17.2. The van der Waals surface area contributed by atoms with Crippen LogP contribution in [0.1, 0.15) is 69.1 Å². The normalized spacial score (nSPS) is 33.6. The maximum atomic E-state index is 11.9. The van der Waals surface area contributed by atoms with Crippen LogP contribution in [0.25, 0.3) is 0 Å². The van der Waals surface area contributed by atoms with Crippen molar-refractivity contribution in [3.8, 4) is 0 Å². The zero-order valence-corrected chi connectivity index (χ0v) is 33.7. The Morgan fingerprint density at radius 3 is 1.24 bits per heavy atom. The third kappa shape index (κ3) is 8.66. The van der Waals surface area contributed by atoms with E-state index in [0.29, 0.717) is 25.7 Å². The number of Topliss-reactive ketones (excluding diaryl/α,β-unsaturated/α-hetero) is 2. The maximum Gasteiger partial charge on any atom is 1.00 e. The van der Waals surface area contributed by atoms with E-state index >= 15 is 0 Å². The van der Waals surface area contributed by atoms with Gasteiger partial charge in [0.05, 0.1) is 22.3 Å². The largest absolute Gasteiger partial charge is 1.00 e. The van der Waals surface area contributed by atoms with E-state index < -0.39 is 42.6 Å². The molecule has 0 aromatic heterocycles. The third-order valence-corrected chi connectivity index (χ3v) is 14.0. The molecule has 15 heteroatoms. The van der Waals surface area contributed by atoms with Crippen molar-refractivity contribution in [1.29, 1.82) is 0 Å². The van der Waals surface area contributed by atoms with Crippen LogP contribution in [-0.4, -0.2) is 65.6 Å². The van der Waals surface area contributed by atoms with Crippen LogP contribution in [0.3, 0.4) is 0 Å². The molecule has 0 amide bonds. The molecular weight excluding hydrogens is 669 g/mol. The number of hydrogen-bond donors (Lipinski definition) is 2. The van der Waals surface area contributed by atoms with Gasteiger partial charge in [-0.25, -0.2) is 0 Å². The predicted octanol–water partition coefficient (Wildman–Crippen LogP) is -1.81. The Morgan fingerprint density at radius 1 is 0.763 bits per heavy atom. The Morgan fingerprint density at radius 2 is 1.08 bits per heavy atom. The van der Waals surface area contributed by atoms with Gasteiger partial charge in [0.15, 0.2) is 0 Å². The minimum absolute atomic E-state index is 0. The summed E-state index contributed by atoms with van der Waals surface area (Å²) < 4.78 is 62.0. The molecule has 0 spiro atoms. The van der Waals surface area contributed by atoms with Gasteiger partial charge in [-0.15, -0.1) is 0 Å². The summed E-state index contributed by atoms with van der Waals surface area (Å²) in [6.07, 6.45) is 3.94. The molecule has 4 saturated carbocycles. The van der Waals surface area contributed by atoms with Crippen LogP contribution in [-0.2, 0) is 46.3 Å². The summed E-state index contributed by atoms with van der Waals surface area (Å²) >= 11 is 4.07. The zero-order chi connectivity index (χ0) is 26.5. The van der Waals surface area contributed by atoms with Crippen molar-refractivity contribution in [3.63, 3.8) is 0 Å². The van der Waals surface area contributed by atoms with Gasteiger partial charge < -0.3 is 2.85 Å². The van der Waals surface area contributed by atoms with E-state index in [-0.39, 0.29) is 156 Å². The number of rotatable bonds is 4. The fraction of sp³-hybridized carbons (Fsp3) is 0.913. The first-order valence-electron chi connectivity index (χ1n) is 12.0. The quantitative estimate of drug-likeness (QED) is 0.254. The van der Waals surface area contributed by atoms with Crippen LogP contribution in [0.4, 0.5) is 0 Å². The van der Waals surface area contributed by atoms with Crippen molar-refractivity contribution in [1.82, 2.24) is 0 Å². The molecule has 4 bridgehead atoms. The fourth-order valence-corrected chi connectivity index (χ4v) is 12.1. The number of hydrogen-bond acceptors (Lipinski definition) is 8. The molecule has 4 aliphatic carbocycles. The smallest absolute Gasteiger partial charge is 1.00 e. The van der Waals surface area contributed by atoms with Gasteiger partial charge in [0.1, 0.15) is 11.6 Å². The first-order chi connectivity index (χ1) is 15.9. The van der Waals surface area contributed by atoms with Gasteiger partial charge in [-0.2, -0.15) is 40.4 Å². The summed E-state index contributed by atoms with van der Waals surface area (Å²) in [6.45, 7) is 7.78. The fourth-order valence-electron chi connectivity index (χ4n) is 7.13. The van der Waals surface area contributed by atoms with Crippen molar-refractivity contribution in [2.45, 2.75) is 66.2 Å². The molecule has 0 aromatic rings. The number of fused-ring (bicyclic) bond motifs is 4. The van der Waals surface area contributed by atoms with Crippen LogP contribution in [0.2, 0.25) is 0 Å². The molecule has 1 heterocycles. The monoisotopic (exact) mass is 708 g/mol. The molecule has 4 atom stereocenters. The standard InChI is InChI=1S/2C10H16O4S.C3H6S2.2K.Ni.2H/c2*1-9(2)7-3-4-10(9,8(11)5-7)6-15(12,13)14;1-2-5-3-4-1;;;;;/h2*7H,3-6H2,1-2H3,(H,12,13,14);1-3H2;;;;;/q;;;2*+1;;2*-1. The first-order valence-corrected chi connectivity index (χ1v) is 17.5. The molecule has 0 radical (unpaired) electrons. The predicted molar refractivity (Wildman–Crippen MR) is 142 cm³/mol. The van der Waals surface area contributed by atoms with Crippen LogP contribution < -0.4 is 103 Å². The zero-order valence-electron chi connectivity index (χ0n) is 25.2. The number of ketones is 2. The van der Waals surface area contributed by atoms with E-state index in [9.17, 15) is 26.4 Å². The van der Waals surface area contributed by atoms with E-state index in [4.69, 9.17) is 9.11 Å². The van der Waals surface area contributed by atoms with Crippen molar-refractivity contribution in [2.75, 3.05) is 28.1 Å². The molecule has 216 valence electrons. The molecule has 8 nitrogen and oxygen atoms in total. The molecule has 0 aromatic carbocycles. The summed E-state index contributed by atoms with van der Waals surface area (Å²) in [5.74, 6) is 2.56. The Kier molecular flexibility index (Phi) is 16.7. The number of thioether (sulfide) groups is 2. The molecule has 5 fully saturated rings. The van der Waals surface area contributed by atoms with Crippen molar-refractivity contribution in [2.24, 2.45) is 33.5 Å². The Balaban J connectivity index is -0.000000526. The summed E-state index contributed by atoms with van der Waals surface area (Å²) in [5.41, 5.74) is -2.24. The third-order valence-electron chi connectivity index (χ3n) is 9.67. The van der Waals surface area contributed by atoms with E-state index in [1.54, 1.807) is 0 Å². The van der Waals surface area contributed by atoms with Gasteiger partial charge in [0.25, 0.3) is 20.2 Å². The minimum Gasteiger partial charge on any atom is -1.00 e. The van der Waals surface area contributed by atoms with Crippen molar-refractivity contribution < 1.29 is 158 Å². The minimum atomic E-state index is -4.08. The van der Waals surface area contributed by atoms with Crippen LogP contribution in [0.5, 0.6) is 0 Å². The molecule has 1 saturated heterocycles. The molecule has 38 heavy (non-hydrogen) atoms. The second kappa shape index (κ2) is 15.3. The van der Waals surface area contributed by atoms with Crippen LogP contribution >= 0.6 is 23.5 Å². The van der Waals surface area contributed by atoms with Gasteiger partial charge >= 0.3 is 103 Å². The van der Waals surface area contributed by atoms with Gasteiger partial charge in [-0.05, 0) is 48.3 Å². The SMILES string of the molecule is C1CSCS1.CC1(C)C2CCC1(CS(=O)(=O)O)C(=O)C2.CC1(C)C2CCC1(CS(=O)(=O)O)C(=O)C2.[H-].[H-].[K+].[K+].[Ni]. The second-order valence-electron chi connectivity index (χ2n) is 11.7. The van der Waals surface area contributed by atoms with Gasteiger partial charge in [0, 0.05) is 45.9 Å². The molecule has 4 unspecified atom stereocenters. The number of carbonyl (C=O) groups is 2. The van der Waals surface area contributed by atoms with Gasteiger partial charge in [-0.1, -0.05) is 27.7 Å². The summed E-state index contributed by atoms with van der Waals surface area (Å²) in [5, 5.41) is 1.33. The number of carbonyl (C=O) groups excluding carboxylic acids is 2. The summed E-state index contributed by atoms with van der Waals surface area (Å²) in [7, 11) is -8.15. The first kappa shape index (κ1) is 41.6. The Hall–Kier alpha value is 3.63. The summed E-state index contributed by atoms with van der Waals surface area (Å²) in [4.78, 5) is 23.8. The average molecular weight is 710 g/mol. The van der Waals surface area contributed by atoms with E-state index in [2.05, 4.69) is 0 Å². The van der Waals surface area contributed by atoms with Crippen LogP contribution in [0, 0.1) is 33.5 Å².